The van der Waals surface area contributed by atoms with Crippen LogP contribution in [0.25, 0.3) is 0 Å². The third kappa shape index (κ3) is 5.27. The Hall–Kier alpha value is -1.75. The van der Waals surface area contributed by atoms with Gasteiger partial charge in [0.2, 0.25) is 0 Å². The lowest BCUT2D eigenvalue weighted by molar-refractivity contribution is -0.140. The van der Waals surface area contributed by atoms with Crippen molar-refractivity contribution >= 4 is 5.97 Å². The molecule has 118 valence electrons. The number of carbonyl (C=O) groups is 1. The van der Waals surface area contributed by atoms with Crippen LogP contribution in [0.4, 0.5) is 0 Å². The van der Waals surface area contributed by atoms with Gasteiger partial charge >= 0.3 is 5.97 Å². The van der Waals surface area contributed by atoms with Crippen molar-refractivity contribution in [1.29, 1.82) is 0 Å². The zero-order chi connectivity index (χ0) is 15.8. The third-order valence-electron chi connectivity index (χ3n) is 3.07. The standard InChI is InChI=1S/C16H25NO4/c1-5-20-13-8-7-12(9-14(13)21-6-2)10-17-15(11(3)4)16(18)19/h7-9,11,15,17H,5-6,10H2,1-4H3,(H,18,19)/t15-/m0/s1. The molecule has 5 nitrogen and oxygen atoms in total. The van der Waals surface area contributed by atoms with E-state index >= 15 is 0 Å². The van der Waals surface area contributed by atoms with Gasteiger partial charge in [0.15, 0.2) is 11.5 Å². The number of hydrogen-bond donors (Lipinski definition) is 2. The van der Waals surface area contributed by atoms with Crippen molar-refractivity contribution < 1.29 is 19.4 Å². The molecule has 0 bridgehead atoms. The maximum atomic E-state index is 11.2. The molecule has 0 spiro atoms. The van der Waals surface area contributed by atoms with E-state index in [1.165, 1.54) is 0 Å². The molecule has 2 N–H and O–H groups in total. The molecule has 0 heterocycles. The van der Waals surface area contributed by atoms with Crippen molar-refractivity contribution in [3.8, 4) is 11.5 Å². The third-order valence-corrected chi connectivity index (χ3v) is 3.07. The van der Waals surface area contributed by atoms with Crippen LogP contribution in [-0.2, 0) is 11.3 Å². The molecule has 1 aromatic carbocycles. The summed E-state index contributed by atoms with van der Waals surface area (Å²) in [7, 11) is 0. The average Bonchev–Trinajstić information content (AvgIpc) is 2.41. The molecular formula is C16H25NO4. The molecule has 1 rings (SSSR count). The molecule has 0 radical (unpaired) electrons. The second-order valence-corrected chi connectivity index (χ2v) is 5.09. The molecule has 21 heavy (non-hydrogen) atoms. The quantitative estimate of drug-likeness (QED) is 0.733. The van der Waals surface area contributed by atoms with Gasteiger partial charge in [-0.15, -0.1) is 0 Å². The van der Waals surface area contributed by atoms with Gasteiger partial charge in [0.05, 0.1) is 13.2 Å². The maximum Gasteiger partial charge on any atom is 0.320 e. The Morgan fingerprint density at radius 2 is 1.81 bits per heavy atom. The summed E-state index contributed by atoms with van der Waals surface area (Å²) in [5.41, 5.74) is 0.966. The van der Waals surface area contributed by atoms with E-state index in [-0.39, 0.29) is 5.92 Å². The first-order valence-corrected chi connectivity index (χ1v) is 7.34. The topological polar surface area (TPSA) is 67.8 Å². The minimum Gasteiger partial charge on any atom is -0.490 e. The van der Waals surface area contributed by atoms with Crippen molar-refractivity contribution in [2.75, 3.05) is 13.2 Å². The number of benzene rings is 1. The molecule has 0 saturated heterocycles. The van der Waals surface area contributed by atoms with Crippen LogP contribution >= 0.6 is 0 Å². The Balaban J connectivity index is 2.79. The van der Waals surface area contributed by atoms with E-state index in [0.29, 0.717) is 31.3 Å². The minimum atomic E-state index is -0.832. The molecule has 0 aliphatic rings. The van der Waals surface area contributed by atoms with E-state index in [2.05, 4.69) is 5.32 Å². The van der Waals surface area contributed by atoms with Gasteiger partial charge in [0, 0.05) is 6.54 Å². The van der Waals surface area contributed by atoms with Gasteiger partial charge in [-0.05, 0) is 37.5 Å². The summed E-state index contributed by atoms with van der Waals surface area (Å²) >= 11 is 0. The van der Waals surface area contributed by atoms with E-state index in [0.717, 1.165) is 5.56 Å². The molecule has 0 saturated carbocycles. The summed E-state index contributed by atoms with van der Waals surface area (Å²) < 4.78 is 11.1. The summed E-state index contributed by atoms with van der Waals surface area (Å²) in [5, 5.41) is 12.2. The number of carboxylic acids is 1. The Kier molecular flexibility index (Phi) is 7.02. The molecule has 0 aliphatic carbocycles. The van der Waals surface area contributed by atoms with Gasteiger partial charge in [0.25, 0.3) is 0 Å². The molecule has 5 heteroatoms. The van der Waals surface area contributed by atoms with Crippen LogP contribution in [0.1, 0.15) is 33.3 Å². The van der Waals surface area contributed by atoms with Crippen molar-refractivity contribution in [1.82, 2.24) is 5.32 Å². The van der Waals surface area contributed by atoms with Gasteiger partial charge in [-0.25, -0.2) is 0 Å². The van der Waals surface area contributed by atoms with E-state index in [4.69, 9.17) is 14.6 Å². The van der Waals surface area contributed by atoms with Crippen LogP contribution in [-0.4, -0.2) is 30.3 Å². The van der Waals surface area contributed by atoms with Crippen molar-refractivity contribution in [3.05, 3.63) is 23.8 Å². The molecule has 1 atom stereocenters. The number of rotatable bonds is 9. The van der Waals surface area contributed by atoms with Gasteiger partial charge in [-0.2, -0.15) is 0 Å². The predicted octanol–water partition coefficient (Wildman–Crippen LogP) is 2.68. The van der Waals surface area contributed by atoms with Crippen LogP contribution in [0.15, 0.2) is 18.2 Å². The van der Waals surface area contributed by atoms with Gasteiger partial charge in [0.1, 0.15) is 6.04 Å². The normalized spacial score (nSPS) is 12.2. The summed E-state index contributed by atoms with van der Waals surface area (Å²) in [6, 6.07) is 5.10. The second-order valence-electron chi connectivity index (χ2n) is 5.09. The Bertz CT molecular complexity index is 460. The van der Waals surface area contributed by atoms with Gasteiger partial charge in [-0.1, -0.05) is 19.9 Å². The summed E-state index contributed by atoms with van der Waals surface area (Å²) in [6.45, 7) is 9.21. The highest BCUT2D eigenvalue weighted by molar-refractivity contribution is 5.73. The van der Waals surface area contributed by atoms with E-state index in [1.807, 2.05) is 45.9 Å². The second kappa shape index (κ2) is 8.52. The smallest absolute Gasteiger partial charge is 0.320 e. The fourth-order valence-electron chi connectivity index (χ4n) is 2.04. The maximum absolute atomic E-state index is 11.2. The van der Waals surface area contributed by atoms with Crippen molar-refractivity contribution in [2.24, 2.45) is 5.92 Å². The van der Waals surface area contributed by atoms with E-state index < -0.39 is 12.0 Å². The monoisotopic (exact) mass is 295 g/mol. The number of carboxylic acid groups (broad SMARTS) is 1. The molecule has 0 fully saturated rings. The van der Waals surface area contributed by atoms with E-state index in [1.54, 1.807) is 0 Å². The Morgan fingerprint density at radius 3 is 2.33 bits per heavy atom. The fraction of sp³-hybridized carbons (Fsp3) is 0.562. The number of aliphatic carboxylic acids is 1. The van der Waals surface area contributed by atoms with Crippen LogP contribution in [0.2, 0.25) is 0 Å². The van der Waals surface area contributed by atoms with Gasteiger partial charge in [-0.3, -0.25) is 4.79 Å². The summed E-state index contributed by atoms with van der Waals surface area (Å²) in [5.74, 6) is 0.592. The first kappa shape index (κ1) is 17.3. The highest BCUT2D eigenvalue weighted by atomic mass is 16.5. The summed E-state index contributed by atoms with van der Waals surface area (Å²) in [4.78, 5) is 11.2. The molecular weight excluding hydrogens is 270 g/mol. The molecule has 0 unspecified atom stereocenters. The zero-order valence-corrected chi connectivity index (χ0v) is 13.2. The summed E-state index contributed by atoms with van der Waals surface area (Å²) in [6.07, 6.45) is 0. The lowest BCUT2D eigenvalue weighted by Gasteiger charge is -2.18. The van der Waals surface area contributed by atoms with Crippen LogP contribution < -0.4 is 14.8 Å². The Labute approximate surface area is 126 Å². The number of nitrogens with one attached hydrogen (secondary N) is 1. The lowest BCUT2D eigenvalue weighted by atomic mass is 10.0. The minimum absolute atomic E-state index is 0.0246. The van der Waals surface area contributed by atoms with Crippen LogP contribution in [0.5, 0.6) is 11.5 Å². The molecule has 0 aromatic heterocycles. The van der Waals surface area contributed by atoms with Crippen LogP contribution in [0, 0.1) is 5.92 Å². The predicted molar refractivity (Wildman–Crippen MR) is 81.9 cm³/mol. The zero-order valence-electron chi connectivity index (χ0n) is 13.2. The first-order chi connectivity index (χ1) is 9.99. The van der Waals surface area contributed by atoms with Crippen LogP contribution in [0.3, 0.4) is 0 Å². The molecule has 0 aliphatic heterocycles. The average molecular weight is 295 g/mol. The Morgan fingerprint density at radius 1 is 1.19 bits per heavy atom. The van der Waals surface area contributed by atoms with Gasteiger partial charge < -0.3 is 19.9 Å². The lowest BCUT2D eigenvalue weighted by Crippen LogP contribution is -2.40. The van der Waals surface area contributed by atoms with Crippen molar-refractivity contribution in [3.63, 3.8) is 0 Å². The highest BCUT2D eigenvalue weighted by Crippen LogP contribution is 2.28. The van der Waals surface area contributed by atoms with Crippen molar-refractivity contribution in [2.45, 2.75) is 40.3 Å². The first-order valence-electron chi connectivity index (χ1n) is 7.34. The van der Waals surface area contributed by atoms with E-state index in [9.17, 15) is 4.79 Å². The number of ether oxygens (including phenoxy) is 2. The highest BCUT2D eigenvalue weighted by Gasteiger charge is 2.20. The fourth-order valence-corrected chi connectivity index (χ4v) is 2.04. The number of hydrogen-bond acceptors (Lipinski definition) is 4. The SMILES string of the molecule is CCOc1ccc(CN[C@H](C(=O)O)C(C)C)cc1OCC. The molecule has 0 amide bonds. The molecule has 1 aromatic rings. The largest absolute Gasteiger partial charge is 0.490 e.